The molecule has 1 saturated heterocycles. The van der Waals surface area contributed by atoms with Gasteiger partial charge in [0.05, 0.1) is 29.7 Å². The number of ether oxygens (including phenoxy) is 3. The van der Waals surface area contributed by atoms with Crippen LogP contribution < -0.4 is 0 Å². The summed E-state index contributed by atoms with van der Waals surface area (Å²) >= 11 is 3.25. The van der Waals surface area contributed by atoms with Crippen LogP contribution in [0.15, 0.2) is 40.9 Å². The van der Waals surface area contributed by atoms with Crippen LogP contribution in [-0.4, -0.2) is 76.3 Å². The van der Waals surface area contributed by atoms with E-state index < -0.39 is 47.2 Å². The maximum atomic E-state index is 14.1. The number of aliphatic hydroxyl groups excluding tert-OH is 1. The summed E-state index contributed by atoms with van der Waals surface area (Å²) in [5.41, 5.74) is -0.131. The zero-order valence-corrected chi connectivity index (χ0v) is 23.3. The van der Waals surface area contributed by atoms with E-state index in [1.165, 1.54) is 6.08 Å². The van der Waals surface area contributed by atoms with Crippen LogP contribution in [0.5, 0.6) is 0 Å². The minimum absolute atomic E-state index is 0.0823. The topological polar surface area (TPSA) is 123 Å². The highest BCUT2D eigenvalue weighted by Crippen LogP contribution is 2.40. The summed E-state index contributed by atoms with van der Waals surface area (Å²) in [5.74, 6) is -4.13. The second-order valence-corrected chi connectivity index (χ2v) is 11.2. The minimum Gasteiger partial charge on any atom is -0.441 e. The number of benzene rings is 1. The molecule has 204 valence electrons. The predicted molar refractivity (Wildman–Crippen MR) is 139 cm³/mol. The largest absolute Gasteiger partial charge is 0.441 e. The molecule has 0 aliphatic carbocycles. The molecule has 0 radical (unpaired) electrons. The van der Waals surface area contributed by atoms with Crippen molar-refractivity contribution in [3.05, 3.63) is 46.5 Å². The van der Waals surface area contributed by atoms with Crippen LogP contribution >= 0.6 is 15.9 Å². The number of amides is 2. The monoisotopic (exact) mass is 581 g/mol. The molecule has 2 aliphatic rings. The lowest BCUT2D eigenvalue weighted by Crippen LogP contribution is -2.55. The average molecular weight is 582 g/mol. The number of nitrogens with zero attached hydrogens (tertiary/aromatic N) is 1. The molecular formula is C27H36BrNO8. The van der Waals surface area contributed by atoms with Crippen LogP contribution in [-0.2, 0) is 30.2 Å². The number of aliphatic hydroxyl groups is 2. The Hall–Kier alpha value is -2.11. The van der Waals surface area contributed by atoms with Gasteiger partial charge < -0.3 is 24.4 Å². The van der Waals surface area contributed by atoms with Gasteiger partial charge in [-0.15, -0.1) is 0 Å². The van der Waals surface area contributed by atoms with Crippen LogP contribution in [0.1, 0.15) is 46.1 Å². The number of ketones is 1. The molecule has 1 aromatic carbocycles. The third kappa shape index (κ3) is 6.67. The first-order valence-electron chi connectivity index (χ1n) is 12.5. The van der Waals surface area contributed by atoms with Gasteiger partial charge in [-0.05, 0) is 60.2 Å². The Labute approximate surface area is 225 Å². The number of hydrogen-bond donors (Lipinski definition) is 2. The third-order valence-corrected chi connectivity index (χ3v) is 7.52. The highest BCUT2D eigenvalue weighted by molar-refractivity contribution is 9.11. The summed E-state index contributed by atoms with van der Waals surface area (Å²) in [4.78, 5) is 41.3. The van der Waals surface area contributed by atoms with Crippen LogP contribution in [0, 0.1) is 11.8 Å². The van der Waals surface area contributed by atoms with E-state index in [-0.39, 0.29) is 43.1 Å². The molecule has 9 nitrogen and oxygen atoms in total. The van der Waals surface area contributed by atoms with E-state index >= 15 is 0 Å². The third-order valence-electron chi connectivity index (χ3n) is 6.67. The summed E-state index contributed by atoms with van der Waals surface area (Å²) in [6.45, 7) is 7.65. The lowest BCUT2D eigenvalue weighted by molar-refractivity contribution is -0.219. The van der Waals surface area contributed by atoms with E-state index in [1.807, 2.05) is 44.2 Å². The van der Waals surface area contributed by atoms with Gasteiger partial charge in [0, 0.05) is 13.0 Å². The summed E-state index contributed by atoms with van der Waals surface area (Å²) < 4.78 is 17.0. The van der Waals surface area contributed by atoms with Crippen LogP contribution in [0.2, 0.25) is 0 Å². The number of cyclic esters (lactones) is 1. The lowest BCUT2D eigenvalue weighted by Gasteiger charge is -2.39. The molecule has 0 spiro atoms. The van der Waals surface area contributed by atoms with Gasteiger partial charge in [-0.2, -0.15) is 0 Å². The number of carbonyl (C=O) groups excluding carboxylic acids is 3. The highest BCUT2D eigenvalue weighted by Gasteiger charge is 2.55. The molecule has 0 aromatic heterocycles. The number of imide groups is 1. The first-order valence-corrected chi connectivity index (χ1v) is 13.3. The Kier molecular flexibility index (Phi) is 9.68. The first kappa shape index (κ1) is 29.4. The van der Waals surface area contributed by atoms with Crippen molar-refractivity contribution in [3.63, 3.8) is 0 Å². The van der Waals surface area contributed by atoms with E-state index in [1.54, 1.807) is 13.8 Å². The number of carbonyl (C=O) groups is 3. The number of rotatable bonds is 11. The fourth-order valence-corrected chi connectivity index (χ4v) is 5.66. The van der Waals surface area contributed by atoms with Gasteiger partial charge in [0.1, 0.15) is 11.7 Å². The summed E-state index contributed by atoms with van der Waals surface area (Å²) in [5, 5.41) is 20.2. The molecule has 2 N–H and O–H groups in total. The summed E-state index contributed by atoms with van der Waals surface area (Å²) in [6.07, 6.45) is -0.282. The zero-order chi connectivity index (χ0) is 27.4. The highest BCUT2D eigenvalue weighted by atomic mass is 79.9. The van der Waals surface area contributed by atoms with Crippen molar-refractivity contribution in [1.29, 1.82) is 0 Å². The molecule has 3 rings (SSSR count). The van der Waals surface area contributed by atoms with Gasteiger partial charge in [-0.1, -0.05) is 44.2 Å². The quantitative estimate of drug-likeness (QED) is 0.381. The molecule has 2 amide bonds. The van der Waals surface area contributed by atoms with Crippen molar-refractivity contribution in [2.45, 2.75) is 70.5 Å². The van der Waals surface area contributed by atoms with Crippen molar-refractivity contribution in [3.8, 4) is 0 Å². The Morgan fingerprint density at radius 1 is 1.19 bits per heavy atom. The van der Waals surface area contributed by atoms with E-state index in [4.69, 9.17) is 19.3 Å². The second kappa shape index (κ2) is 12.2. The van der Waals surface area contributed by atoms with Gasteiger partial charge >= 0.3 is 6.09 Å². The van der Waals surface area contributed by atoms with Crippen LogP contribution in [0.3, 0.4) is 0 Å². The van der Waals surface area contributed by atoms with Gasteiger partial charge in [-0.3, -0.25) is 9.59 Å². The van der Waals surface area contributed by atoms with Gasteiger partial charge in [-0.25, -0.2) is 9.69 Å². The van der Waals surface area contributed by atoms with E-state index in [2.05, 4.69) is 15.9 Å². The van der Waals surface area contributed by atoms with Crippen molar-refractivity contribution in [2.75, 3.05) is 19.8 Å². The lowest BCUT2D eigenvalue weighted by atomic mass is 9.85. The van der Waals surface area contributed by atoms with Gasteiger partial charge in [0.15, 0.2) is 11.6 Å². The number of halogens is 1. The SMILES string of the molecule is CC(C)C1N(C(=O)C(Cc2ccccc2)C2OC(O)(CCCOCCO)C(Br)=CC2=O)C(=O)OC1(C)C. The Morgan fingerprint density at radius 3 is 2.49 bits per heavy atom. The Balaban J connectivity index is 1.94. The fourth-order valence-electron chi connectivity index (χ4n) is 5.14. The minimum atomic E-state index is -1.86. The van der Waals surface area contributed by atoms with E-state index in [0.717, 1.165) is 10.5 Å². The molecule has 4 unspecified atom stereocenters. The second-order valence-electron chi connectivity index (χ2n) is 10.3. The van der Waals surface area contributed by atoms with Gasteiger partial charge in [0.25, 0.3) is 0 Å². The van der Waals surface area contributed by atoms with Crippen LogP contribution in [0.25, 0.3) is 0 Å². The summed E-state index contributed by atoms with van der Waals surface area (Å²) in [7, 11) is 0. The Bertz CT molecular complexity index is 1010. The average Bonchev–Trinajstić information content (AvgIpc) is 3.08. The Morgan fingerprint density at radius 2 is 1.86 bits per heavy atom. The van der Waals surface area contributed by atoms with Crippen molar-refractivity contribution in [2.24, 2.45) is 11.8 Å². The maximum Gasteiger partial charge on any atom is 0.417 e. The zero-order valence-electron chi connectivity index (χ0n) is 21.7. The van der Waals surface area contributed by atoms with Crippen molar-refractivity contribution >= 4 is 33.7 Å². The molecule has 2 heterocycles. The molecule has 4 atom stereocenters. The molecule has 1 aromatic rings. The molecule has 0 saturated carbocycles. The fraction of sp³-hybridized carbons (Fsp3) is 0.593. The van der Waals surface area contributed by atoms with Crippen molar-refractivity contribution in [1.82, 2.24) is 4.90 Å². The van der Waals surface area contributed by atoms with E-state index in [0.29, 0.717) is 6.42 Å². The molecular weight excluding hydrogens is 546 g/mol. The van der Waals surface area contributed by atoms with Crippen molar-refractivity contribution < 1.29 is 38.8 Å². The molecule has 10 heteroatoms. The first-order chi connectivity index (χ1) is 17.4. The molecule has 2 aliphatic heterocycles. The predicted octanol–water partition coefficient (Wildman–Crippen LogP) is 3.35. The normalized spacial score (nSPS) is 26.3. The molecule has 1 fully saturated rings. The maximum absolute atomic E-state index is 14.1. The smallest absolute Gasteiger partial charge is 0.417 e. The summed E-state index contributed by atoms with van der Waals surface area (Å²) in [6, 6.07) is 8.60. The number of hydrogen-bond acceptors (Lipinski definition) is 8. The van der Waals surface area contributed by atoms with Crippen LogP contribution in [0.4, 0.5) is 4.79 Å². The standard InChI is InChI=1S/C27H36BrNO8/c1-17(2)23-26(3,4)37-25(33)29(23)24(32)19(15-18-9-6-5-7-10-18)22-20(31)16-21(28)27(34,36-22)11-8-13-35-14-12-30/h5-7,9-10,16-17,19,22-23,30,34H,8,11-15H2,1-4H3. The molecule has 0 bridgehead atoms. The molecule has 37 heavy (non-hydrogen) atoms. The van der Waals surface area contributed by atoms with E-state index in [9.17, 15) is 19.5 Å². The van der Waals surface area contributed by atoms with Gasteiger partial charge in [0.2, 0.25) is 5.91 Å².